The molecule has 2 N–H and O–H groups in total. The second kappa shape index (κ2) is 7.19. The number of rotatable bonds is 6. The topological polar surface area (TPSA) is 52.6 Å². The van der Waals surface area contributed by atoms with Gasteiger partial charge in [-0.2, -0.15) is 0 Å². The number of hydrogen-bond donors (Lipinski definition) is 2. The average molecular weight is 286 g/mol. The summed E-state index contributed by atoms with van der Waals surface area (Å²) in [4.78, 5) is 13.8. The molecule has 1 aromatic carbocycles. The number of carbonyl (C=O) groups is 1. The van der Waals surface area contributed by atoms with Gasteiger partial charge < -0.3 is 15.3 Å². The summed E-state index contributed by atoms with van der Waals surface area (Å²) in [6.07, 6.45) is 0.420. The van der Waals surface area contributed by atoms with Crippen molar-refractivity contribution in [3.05, 3.63) is 29.3 Å². The van der Waals surface area contributed by atoms with Gasteiger partial charge >= 0.3 is 0 Å². The van der Waals surface area contributed by atoms with Gasteiger partial charge in [-0.05, 0) is 32.4 Å². The normalized spacial score (nSPS) is 10.8. The largest absolute Gasteiger partial charge is 0.396 e. The molecule has 0 heterocycles. The van der Waals surface area contributed by atoms with Crippen molar-refractivity contribution in [3.8, 4) is 0 Å². The summed E-state index contributed by atoms with van der Waals surface area (Å²) in [6.45, 7) is 3.91. The molecule has 0 spiro atoms. The summed E-state index contributed by atoms with van der Waals surface area (Å²) in [5, 5.41) is 11.2. The van der Waals surface area contributed by atoms with Crippen LogP contribution in [0, 0.1) is 11.6 Å². The van der Waals surface area contributed by atoms with Gasteiger partial charge in [0.25, 0.3) is 5.91 Å². The molecule has 0 atom stereocenters. The molecular weight excluding hydrogens is 266 g/mol. The van der Waals surface area contributed by atoms with Crippen molar-refractivity contribution < 1.29 is 18.7 Å². The molecule has 1 amide bonds. The van der Waals surface area contributed by atoms with Crippen LogP contribution in [0.25, 0.3) is 0 Å². The Hall–Kier alpha value is -1.69. The maximum atomic E-state index is 13.7. The molecule has 0 aromatic heterocycles. The van der Waals surface area contributed by atoms with Gasteiger partial charge in [0.1, 0.15) is 17.3 Å². The number of halogens is 2. The maximum Gasteiger partial charge on any atom is 0.254 e. The van der Waals surface area contributed by atoms with Crippen LogP contribution >= 0.6 is 0 Å². The van der Waals surface area contributed by atoms with E-state index < -0.39 is 17.5 Å². The number of benzene rings is 1. The highest BCUT2D eigenvalue weighted by Crippen LogP contribution is 2.21. The molecule has 0 bridgehead atoms. The minimum atomic E-state index is -0.804. The number of amides is 1. The van der Waals surface area contributed by atoms with Crippen molar-refractivity contribution in [1.29, 1.82) is 0 Å². The molecule has 0 aliphatic rings. The van der Waals surface area contributed by atoms with Crippen molar-refractivity contribution in [2.24, 2.45) is 0 Å². The summed E-state index contributed by atoms with van der Waals surface area (Å²) < 4.78 is 27.3. The Morgan fingerprint density at radius 3 is 2.30 bits per heavy atom. The van der Waals surface area contributed by atoms with Gasteiger partial charge in [-0.25, -0.2) is 8.78 Å². The summed E-state index contributed by atoms with van der Waals surface area (Å²) >= 11 is 0. The van der Waals surface area contributed by atoms with E-state index in [2.05, 4.69) is 5.32 Å². The number of hydrogen-bond acceptors (Lipinski definition) is 3. The van der Waals surface area contributed by atoms with Gasteiger partial charge in [-0.3, -0.25) is 4.79 Å². The van der Waals surface area contributed by atoms with Crippen LogP contribution in [0.4, 0.5) is 14.5 Å². The van der Waals surface area contributed by atoms with Crippen molar-refractivity contribution in [1.82, 2.24) is 4.90 Å². The Kier molecular flexibility index (Phi) is 5.88. The zero-order chi connectivity index (χ0) is 15.3. The number of aliphatic hydroxyl groups is 1. The second-order valence-electron chi connectivity index (χ2n) is 4.73. The second-order valence-corrected chi connectivity index (χ2v) is 4.73. The zero-order valence-electron chi connectivity index (χ0n) is 11.9. The van der Waals surface area contributed by atoms with E-state index in [4.69, 9.17) is 5.11 Å². The zero-order valence-corrected chi connectivity index (χ0v) is 11.9. The predicted octanol–water partition coefficient (Wildman–Crippen LogP) is 2.24. The number of anilines is 1. The first kappa shape index (κ1) is 16.4. The minimum Gasteiger partial charge on any atom is -0.396 e. The van der Waals surface area contributed by atoms with Crippen LogP contribution in [0.5, 0.6) is 0 Å². The SMILES string of the molecule is CNc1c(F)cc(C(=O)N(CCCO)C(C)C)cc1F. The van der Waals surface area contributed by atoms with E-state index >= 15 is 0 Å². The first-order chi connectivity index (χ1) is 9.42. The molecule has 4 nitrogen and oxygen atoms in total. The monoisotopic (exact) mass is 286 g/mol. The van der Waals surface area contributed by atoms with Gasteiger partial charge in [-0.1, -0.05) is 0 Å². The number of nitrogens with one attached hydrogen (secondary N) is 1. The van der Waals surface area contributed by atoms with Gasteiger partial charge in [-0.15, -0.1) is 0 Å². The molecule has 112 valence electrons. The number of carbonyl (C=O) groups excluding carboxylic acids is 1. The number of nitrogens with zero attached hydrogens (tertiary/aromatic N) is 1. The van der Waals surface area contributed by atoms with Crippen LogP contribution in [0.2, 0.25) is 0 Å². The Labute approximate surface area is 117 Å². The smallest absolute Gasteiger partial charge is 0.254 e. The predicted molar refractivity (Wildman–Crippen MR) is 73.8 cm³/mol. The third kappa shape index (κ3) is 3.66. The third-order valence-electron chi connectivity index (χ3n) is 2.98. The molecule has 0 fully saturated rings. The van der Waals surface area contributed by atoms with Gasteiger partial charge in [0.05, 0.1) is 0 Å². The first-order valence-electron chi connectivity index (χ1n) is 6.51. The standard InChI is InChI=1S/C14H20F2N2O2/c1-9(2)18(5-4-6-19)14(20)10-7-11(15)13(17-3)12(16)8-10/h7-9,17,19H,4-6H2,1-3H3. The minimum absolute atomic E-state index is 0.0364. The molecule has 0 aliphatic heterocycles. The molecule has 1 aromatic rings. The highest BCUT2D eigenvalue weighted by Gasteiger charge is 2.21. The summed E-state index contributed by atoms with van der Waals surface area (Å²) in [5.41, 5.74) is -0.293. The van der Waals surface area contributed by atoms with Crippen molar-refractivity contribution in [2.75, 3.05) is 25.5 Å². The average Bonchev–Trinajstić information content (AvgIpc) is 2.38. The molecule has 0 saturated carbocycles. The van der Waals surface area contributed by atoms with Crippen LogP contribution in [0.15, 0.2) is 12.1 Å². The molecule has 6 heteroatoms. The van der Waals surface area contributed by atoms with Crippen LogP contribution in [0.3, 0.4) is 0 Å². The lowest BCUT2D eigenvalue weighted by atomic mass is 10.1. The molecule has 0 unspecified atom stereocenters. The fraction of sp³-hybridized carbons (Fsp3) is 0.500. The summed E-state index contributed by atoms with van der Waals surface area (Å²) in [6, 6.07) is 1.92. The van der Waals surface area contributed by atoms with E-state index in [1.165, 1.54) is 11.9 Å². The van der Waals surface area contributed by atoms with Gasteiger partial charge in [0.2, 0.25) is 0 Å². The Balaban J connectivity index is 3.06. The maximum absolute atomic E-state index is 13.7. The van der Waals surface area contributed by atoms with Crippen LogP contribution in [-0.4, -0.2) is 42.2 Å². The molecule has 0 saturated heterocycles. The van der Waals surface area contributed by atoms with Crippen molar-refractivity contribution in [3.63, 3.8) is 0 Å². The van der Waals surface area contributed by atoms with E-state index in [1.54, 1.807) is 0 Å². The lowest BCUT2D eigenvalue weighted by Gasteiger charge is -2.26. The first-order valence-corrected chi connectivity index (χ1v) is 6.51. The summed E-state index contributed by atoms with van der Waals surface area (Å²) in [7, 11) is 1.41. The van der Waals surface area contributed by atoms with E-state index in [9.17, 15) is 13.6 Å². The van der Waals surface area contributed by atoms with Crippen molar-refractivity contribution in [2.45, 2.75) is 26.3 Å². The molecule has 0 radical (unpaired) electrons. The molecular formula is C14H20F2N2O2. The molecule has 1 rings (SSSR count). The quantitative estimate of drug-likeness (QED) is 0.843. The lowest BCUT2D eigenvalue weighted by Crippen LogP contribution is -2.38. The van der Waals surface area contributed by atoms with Crippen LogP contribution < -0.4 is 5.32 Å². The van der Waals surface area contributed by atoms with Gasteiger partial charge in [0.15, 0.2) is 0 Å². The van der Waals surface area contributed by atoms with Crippen LogP contribution in [0.1, 0.15) is 30.6 Å². The van der Waals surface area contributed by atoms with E-state index in [-0.39, 0.29) is 23.9 Å². The Bertz CT molecular complexity index is 455. The Morgan fingerprint density at radius 2 is 1.90 bits per heavy atom. The molecule has 0 aliphatic carbocycles. The fourth-order valence-corrected chi connectivity index (χ4v) is 1.94. The van der Waals surface area contributed by atoms with E-state index in [0.717, 1.165) is 12.1 Å². The van der Waals surface area contributed by atoms with Gasteiger partial charge in [0, 0.05) is 31.8 Å². The highest BCUT2D eigenvalue weighted by atomic mass is 19.1. The fourth-order valence-electron chi connectivity index (χ4n) is 1.94. The Morgan fingerprint density at radius 1 is 1.35 bits per heavy atom. The van der Waals surface area contributed by atoms with E-state index in [0.29, 0.717) is 13.0 Å². The molecule has 20 heavy (non-hydrogen) atoms. The highest BCUT2D eigenvalue weighted by molar-refractivity contribution is 5.94. The van der Waals surface area contributed by atoms with Crippen LogP contribution in [-0.2, 0) is 0 Å². The number of aliphatic hydroxyl groups excluding tert-OH is 1. The van der Waals surface area contributed by atoms with Crippen molar-refractivity contribution >= 4 is 11.6 Å². The summed E-state index contributed by atoms with van der Waals surface area (Å²) in [5.74, 6) is -2.06. The lowest BCUT2D eigenvalue weighted by molar-refractivity contribution is 0.0692. The van der Waals surface area contributed by atoms with E-state index in [1.807, 2.05) is 13.8 Å². The third-order valence-corrected chi connectivity index (χ3v) is 2.98.